The summed E-state index contributed by atoms with van der Waals surface area (Å²) in [6.07, 6.45) is -3.69. The molecule has 32 heavy (non-hydrogen) atoms. The molecule has 0 spiro atoms. The van der Waals surface area contributed by atoms with Crippen molar-refractivity contribution in [2.45, 2.75) is 36.6 Å². The Morgan fingerprint density at radius 2 is 1.75 bits per heavy atom. The van der Waals surface area contributed by atoms with Crippen molar-refractivity contribution in [2.75, 3.05) is 19.8 Å². The van der Waals surface area contributed by atoms with E-state index in [0.717, 1.165) is 16.4 Å². The number of alkyl halides is 3. The van der Waals surface area contributed by atoms with Gasteiger partial charge in [0.05, 0.1) is 10.5 Å². The average Bonchev–Trinajstić information content (AvgIpc) is 3.28. The van der Waals surface area contributed by atoms with Crippen LogP contribution in [0, 0.1) is 0 Å². The monoisotopic (exact) mass is 471 g/mol. The molecule has 0 unspecified atom stereocenters. The Balaban J connectivity index is 1.45. The number of fused-ring (bicyclic) bond motifs is 1. The second-order valence-electron chi connectivity index (χ2n) is 7.38. The number of benzene rings is 2. The number of sulfonamides is 1. The molecule has 2 aliphatic heterocycles. The molecule has 2 heterocycles. The number of rotatable bonds is 5. The van der Waals surface area contributed by atoms with Gasteiger partial charge in [0, 0.05) is 12.6 Å². The van der Waals surface area contributed by atoms with Gasteiger partial charge in [-0.2, -0.15) is 17.5 Å². The standard InChI is InChI=1S/C21H20F3NO6S/c22-21(23,24)15-5-3-14(4-6-15)13-31-20(26)17-2-1-9-25(17)32(27,28)16-7-8-18-19(12-16)30-11-10-29-18/h3-8,12,17H,1-2,9-11,13H2/t17-/m0/s1. The number of hydrogen-bond acceptors (Lipinski definition) is 6. The number of hydrogen-bond donors (Lipinski definition) is 0. The van der Waals surface area contributed by atoms with E-state index in [1.165, 1.54) is 30.3 Å². The molecule has 0 N–H and O–H groups in total. The van der Waals surface area contributed by atoms with Crippen molar-refractivity contribution in [2.24, 2.45) is 0 Å². The normalized spacial score (nSPS) is 19.0. The van der Waals surface area contributed by atoms with Crippen molar-refractivity contribution in [3.8, 4) is 11.5 Å². The summed E-state index contributed by atoms with van der Waals surface area (Å²) >= 11 is 0. The molecule has 2 aliphatic rings. The van der Waals surface area contributed by atoms with E-state index in [1.807, 2.05) is 0 Å². The van der Waals surface area contributed by atoms with Crippen molar-refractivity contribution in [3.63, 3.8) is 0 Å². The lowest BCUT2D eigenvalue weighted by Crippen LogP contribution is -2.41. The Labute approximate surface area is 182 Å². The van der Waals surface area contributed by atoms with Crippen molar-refractivity contribution in [1.82, 2.24) is 4.31 Å². The Morgan fingerprint density at radius 3 is 2.44 bits per heavy atom. The second-order valence-corrected chi connectivity index (χ2v) is 9.27. The Morgan fingerprint density at radius 1 is 1.06 bits per heavy atom. The van der Waals surface area contributed by atoms with Crippen LogP contribution in [-0.4, -0.2) is 44.5 Å². The zero-order valence-corrected chi connectivity index (χ0v) is 17.6. The maximum Gasteiger partial charge on any atom is 0.416 e. The van der Waals surface area contributed by atoms with Gasteiger partial charge in [0.2, 0.25) is 10.0 Å². The Hall–Kier alpha value is -2.79. The molecule has 0 aliphatic carbocycles. The molecule has 0 amide bonds. The minimum absolute atomic E-state index is 0.0239. The van der Waals surface area contributed by atoms with Crippen LogP contribution in [-0.2, 0) is 32.3 Å². The van der Waals surface area contributed by atoms with Gasteiger partial charge in [-0.05, 0) is 42.7 Å². The van der Waals surface area contributed by atoms with Crippen molar-refractivity contribution in [1.29, 1.82) is 0 Å². The smallest absolute Gasteiger partial charge is 0.416 e. The van der Waals surface area contributed by atoms with E-state index in [9.17, 15) is 26.4 Å². The van der Waals surface area contributed by atoms with E-state index in [2.05, 4.69) is 0 Å². The molecule has 1 fully saturated rings. The third-order valence-corrected chi connectivity index (χ3v) is 7.16. The van der Waals surface area contributed by atoms with Gasteiger partial charge >= 0.3 is 12.1 Å². The minimum atomic E-state index is -4.46. The van der Waals surface area contributed by atoms with Gasteiger partial charge in [-0.3, -0.25) is 4.79 Å². The Kier molecular flexibility index (Phi) is 6.04. The largest absolute Gasteiger partial charge is 0.486 e. The van der Waals surface area contributed by atoms with Crippen LogP contribution in [0.25, 0.3) is 0 Å². The molecular formula is C21H20F3NO6S. The van der Waals surface area contributed by atoms with E-state index >= 15 is 0 Å². The number of esters is 1. The van der Waals surface area contributed by atoms with Gasteiger partial charge in [0.15, 0.2) is 11.5 Å². The van der Waals surface area contributed by atoms with Gasteiger partial charge in [0.1, 0.15) is 25.9 Å². The predicted octanol–water partition coefficient (Wildman–Crippen LogP) is 3.37. The summed E-state index contributed by atoms with van der Waals surface area (Å²) in [5.74, 6) is 0.0191. The highest BCUT2D eigenvalue weighted by atomic mass is 32.2. The predicted molar refractivity (Wildman–Crippen MR) is 106 cm³/mol. The van der Waals surface area contributed by atoms with Gasteiger partial charge < -0.3 is 14.2 Å². The lowest BCUT2D eigenvalue weighted by atomic mass is 10.1. The first-order valence-corrected chi connectivity index (χ1v) is 11.3. The molecule has 0 aromatic heterocycles. The van der Waals surface area contributed by atoms with Crippen LogP contribution in [0.4, 0.5) is 13.2 Å². The maximum absolute atomic E-state index is 13.2. The summed E-state index contributed by atoms with van der Waals surface area (Å²) in [7, 11) is -4.00. The third-order valence-electron chi connectivity index (χ3n) is 5.26. The fraction of sp³-hybridized carbons (Fsp3) is 0.381. The van der Waals surface area contributed by atoms with E-state index < -0.39 is 33.8 Å². The lowest BCUT2D eigenvalue weighted by molar-refractivity contribution is -0.148. The van der Waals surface area contributed by atoms with E-state index in [0.29, 0.717) is 36.7 Å². The van der Waals surface area contributed by atoms with Crippen LogP contribution in [0.1, 0.15) is 24.0 Å². The quantitative estimate of drug-likeness (QED) is 0.622. The fourth-order valence-electron chi connectivity index (χ4n) is 3.62. The highest BCUT2D eigenvalue weighted by molar-refractivity contribution is 7.89. The van der Waals surface area contributed by atoms with Crippen LogP contribution in [0.5, 0.6) is 11.5 Å². The number of nitrogens with zero attached hydrogens (tertiary/aromatic N) is 1. The zero-order chi connectivity index (χ0) is 22.9. The average molecular weight is 471 g/mol. The number of ether oxygens (including phenoxy) is 3. The van der Waals surface area contributed by atoms with Gasteiger partial charge in [-0.1, -0.05) is 12.1 Å². The van der Waals surface area contributed by atoms with Crippen LogP contribution >= 0.6 is 0 Å². The first-order valence-electron chi connectivity index (χ1n) is 9.90. The fourth-order valence-corrected chi connectivity index (χ4v) is 5.29. The van der Waals surface area contributed by atoms with Crippen molar-refractivity contribution in [3.05, 3.63) is 53.6 Å². The number of carbonyl (C=O) groups excluding carboxylic acids is 1. The summed E-state index contributed by atoms with van der Waals surface area (Å²) in [6.45, 7) is 0.569. The maximum atomic E-state index is 13.2. The molecular weight excluding hydrogens is 451 g/mol. The molecule has 172 valence electrons. The lowest BCUT2D eigenvalue weighted by Gasteiger charge is -2.24. The molecule has 0 radical (unpaired) electrons. The van der Waals surface area contributed by atoms with Crippen molar-refractivity contribution >= 4 is 16.0 Å². The van der Waals surface area contributed by atoms with Crippen LogP contribution < -0.4 is 9.47 Å². The zero-order valence-electron chi connectivity index (χ0n) is 16.8. The first kappa shape index (κ1) is 22.4. The van der Waals surface area contributed by atoms with Gasteiger partial charge in [-0.15, -0.1) is 0 Å². The summed E-state index contributed by atoms with van der Waals surface area (Å²) < 4.78 is 81.5. The summed E-state index contributed by atoms with van der Waals surface area (Å²) in [6, 6.07) is 7.49. The first-order chi connectivity index (χ1) is 15.2. The molecule has 2 aromatic rings. The summed E-state index contributed by atoms with van der Waals surface area (Å²) in [5.41, 5.74) is -0.439. The van der Waals surface area contributed by atoms with Crippen molar-refractivity contribution < 1.29 is 40.6 Å². The van der Waals surface area contributed by atoms with Crippen LogP contribution in [0.15, 0.2) is 47.4 Å². The number of halogens is 3. The summed E-state index contributed by atoms with van der Waals surface area (Å²) in [4.78, 5) is 12.6. The highest BCUT2D eigenvalue weighted by Gasteiger charge is 2.41. The second kappa shape index (κ2) is 8.62. The molecule has 1 atom stereocenters. The minimum Gasteiger partial charge on any atom is -0.486 e. The number of carbonyl (C=O) groups is 1. The molecule has 0 saturated carbocycles. The van der Waals surface area contributed by atoms with Crippen LogP contribution in [0.3, 0.4) is 0 Å². The van der Waals surface area contributed by atoms with E-state index in [1.54, 1.807) is 0 Å². The van der Waals surface area contributed by atoms with Gasteiger partial charge in [0.25, 0.3) is 0 Å². The third kappa shape index (κ3) is 4.53. The molecule has 4 rings (SSSR count). The Bertz CT molecular complexity index is 1100. The highest BCUT2D eigenvalue weighted by Crippen LogP contribution is 2.35. The SMILES string of the molecule is O=C(OCc1ccc(C(F)(F)F)cc1)[C@@H]1CCCN1S(=O)(=O)c1ccc2c(c1)OCCO2. The molecule has 11 heteroatoms. The summed E-state index contributed by atoms with van der Waals surface area (Å²) in [5, 5.41) is 0. The van der Waals surface area contributed by atoms with E-state index in [-0.39, 0.29) is 24.5 Å². The molecule has 2 aromatic carbocycles. The van der Waals surface area contributed by atoms with E-state index in [4.69, 9.17) is 14.2 Å². The van der Waals surface area contributed by atoms with Gasteiger partial charge in [-0.25, -0.2) is 8.42 Å². The molecule has 1 saturated heterocycles. The van der Waals surface area contributed by atoms with Crippen LogP contribution in [0.2, 0.25) is 0 Å². The topological polar surface area (TPSA) is 82.1 Å². The molecule has 0 bridgehead atoms. The molecule has 7 nitrogen and oxygen atoms in total.